The van der Waals surface area contributed by atoms with Gasteiger partial charge in [0.25, 0.3) is 0 Å². The van der Waals surface area contributed by atoms with Crippen molar-refractivity contribution in [3.05, 3.63) is 0 Å². The fraction of sp³-hybridized carbons (Fsp3) is 0.786. The van der Waals surface area contributed by atoms with Gasteiger partial charge in [-0.05, 0) is 25.7 Å². The van der Waals surface area contributed by atoms with Crippen LogP contribution in [-0.2, 0) is 19.1 Å². The number of unbranched alkanes of at least 4 members (excludes halogenated alkanes) is 2. The van der Waals surface area contributed by atoms with Crippen molar-refractivity contribution in [3.63, 3.8) is 0 Å². The van der Waals surface area contributed by atoms with E-state index < -0.39 is 36.4 Å². The number of rotatable bonds is 12. The molecule has 0 aliphatic rings. The third-order valence-corrected chi connectivity index (χ3v) is 3.19. The van der Waals surface area contributed by atoms with Gasteiger partial charge in [0.2, 0.25) is 0 Å². The average Bonchev–Trinajstić information content (AvgIpc) is 2.40. The Kier molecular flexibility index (Phi) is 9.35. The van der Waals surface area contributed by atoms with E-state index in [2.05, 4.69) is 0 Å². The molecule has 0 spiro atoms. The van der Waals surface area contributed by atoms with E-state index in [1.54, 1.807) is 0 Å². The van der Waals surface area contributed by atoms with E-state index >= 15 is 0 Å². The first-order valence-electron chi connectivity index (χ1n) is 7.22. The van der Waals surface area contributed by atoms with Gasteiger partial charge in [-0.1, -0.05) is 13.3 Å². The molecule has 0 aromatic carbocycles. The van der Waals surface area contributed by atoms with Gasteiger partial charge in [0.15, 0.2) is 5.60 Å². The summed E-state index contributed by atoms with van der Waals surface area (Å²) in [5.41, 5.74) is -2.66. The molecule has 0 aromatic rings. The van der Waals surface area contributed by atoms with Gasteiger partial charge in [0.05, 0.1) is 25.6 Å². The van der Waals surface area contributed by atoms with Gasteiger partial charge in [0.1, 0.15) is 0 Å². The third kappa shape index (κ3) is 8.58. The molecule has 0 amide bonds. The van der Waals surface area contributed by atoms with Crippen molar-refractivity contribution in [2.45, 2.75) is 63.6 Å². The molecule has 0 aliphatic heterocycles. The maximum Gasteiger partial charge on any atom is 0.336 e. The minimum Gasteiger partial charge on any atom is -0.481 e. The molecule has 0 aromatic heterocycles. The summed E-state index contributed by atoms with van der Waals surface area (Å²) in [7, 11) is 0. The van der Waals surface area contributed by atoms with Gasteiger partial charge in [-0.2, -0.15) is 0 Å². The van der Waals surface area contributed by atoms with Gasteiger partial charge in [0, 0.05) is 0 Å². The van der Waals surface area contributed by atoms with Gasteiger partial charge in [-0.15, -0.1) is 0 Å². The number of aliphatic hydroxyl groups excluding tert-OH is 1. The molecule has 0 bridgehead atoms. The molecule has 0 saturated carbocycles. The number of hydrogen-bond donors (Lipinski definition) is 4. The second kappa shape index (κ2) is 10.1. The minimum absolute atomic E-state index is 0.0593. The third-order valence-electron chi connectivity index (χ3n) is 3.19. The Labute approximate surface area is 128 Å². The van der Waals surface area contributed by atoms with Crippen molar-refractivity contribution in [2.75, 3.05) is 6.61 Å². The zero-order chi connectivity index (χ0) is 17.2. The second-order valence-electron chi connectivity index (χ2n) is 5.22. The molecule has 0 fully saturated rings. The van der Waals surface area contributed by atoms with Crippen LogP contribution in [0.3, 0.4) is 0 Å². The van der Waals surface area contributed by atoms with Gasteiger partial charge in [-0.25, -0.2) is 4.79 Å². The molecular formula is C14H24O8. The molecule has 8 heteroatoms. The average molecular weight is 320 g/mol. The maximum absolute atomic E-state index is 11.5. The van der Waals surface area contributed by atoms with Crippen LogP contribution in [0.2, 0.25) is 0 Å². The Balaban J connectivity index is 4.01. The number of carbonyl (C=O) groups is 3. The number of esters is 1. The predicted molar refractivity (Wildman–Crippen MR) is 75.2 cm³/mol. The number of carboxylic acids is 2. The van der Waals surface area contributed by atoms with E-state index in [4.69, 9.17) is 14.9 Å². The molecule has 0 rings (SSSR count). The summed E-state index contributed by atoms with van der Waals surface area (Å²) < 4.78 is 4.79. The number of aliphatic carboxylic acids is 2. The summed E-state index contributed by atoms with van der Waals surface area (Å²) in [6.07, 6.45) is 1.10. The van der Waals surface area contributed by atoms with E-state index in [-0.39, 0.29) is 12.7 Å². The Morgan fingerprint density at radius 3 is 2.23 bits per heavy atom. The van der Waals surface area contributed by atoms with Crippen LogP contribution in [0, 0.1) is 0 Å². The van der Waals surface area contributed by atoms with Gasteiger partial charge in [-0.3, -0.25) is 9.59 Å². The first-order valence-corrected chi connectivity index (χ1v) is 7.22. The minimum atomic E-state index is -2.66. The van der Waals surface area contributed by atoms with Crippen molar-refractivity contribution < 1.29 is 39.5 Å². The standard InChI is InChI=1S/C14H24O8/c1-2-10(15)6-4-3-5-7-22-12(18)9-14(21,13(19)20)8-11(16)17/h10,15,21H,2-9H2,1H3,(H,16,17)(H,19,20). The topological polar surface area (TPSA) is 141 Å². The molecule has 0 saturated heterocycles. The van der Waals surface area contributed by atoms with E-state index in [0.29, 0.717) is 19.3 Å². The number of carboxylic acid groups (broad SMARTS) is 2. The van der Waals surface area contributed by atoms with Crippen molar-refractivity contribution in [3.8, 4) is 0 Å². The van der Waals surface area contributed by atoms with Crippen LogP contribution in [0.1, 0.15) is 51.9 Å². The second-order valence-corrected chi connectivity index (χ2v) is 5.22. The van der Waals surface area contributed by atoms with Gasteiger partial charge >= 0.3 is 17.9 Å². The lowest BCUT2D eigenvalue weighted by Gasteiger charge is -2.20. The number of carbonyl (C=O) groups excluding carboxylic acids is 1. The van der Waals surface area contributed by atoms with Crippen LogP contribution in [-0.4, -0.2) is 56.6 Å². The van der Waals surface area contributed by atoms with Crippen LogP contribution in [0.25, 0.3) is 0 Å². The first-order chi connectivity index (χ1) is 10.2. The summed E-state index contributed by atoms with van der Waals surface area (Å²) in [5, 5.41) is 36.3. The number of ether oxygens (including phenoxy) is 1. The molecule has 0 aliphatic carbocycles. The highest BCUT2D eigenvalue weighted by Gasteiger charge is 2.41. The summed E-state index contributed by atoms with van der Waals surface area (Å²) in [4.78, 5) is 32.8. The summed E-state index contributed by atoms with van der Waals surface area (Å²) in [6, 6.07) is 0. The fourth-order valence-electron chi connectivity index (χ4n) is 1.80. The molecule has 128 valence electrons. The number of aliphatic hydroxyl groups is 2. The lowest BCUT2D eigenvalue weighted by molar-refractivity contribution is -0.172. The fourth-order valence-corrected chi connectivity index (χ4v) is 1.80. The molecule has 4 N–H and O–H groups in total. The smallest absolute Gasteiger partial charge is 0.336 e. The molecular weight excluding hydrogens is 296 g/mol. The summed E-state index contributed by atoms with van der Waals surface area (Å²) in [6.45, 7) is 1.94. The first kappa shape index (κ1) is 20.3. The predicted octanol–water partition coefficient (Wildman–Crippen LogP) is 0.541. The maximum atomic E-state index is 11.5. The van der Waals surface area contributed by atoms with Crippen molar-refractivity contribution >= 4 is 17.9 Å². The van der Waals surface area contributed by atoms with Crippen molar-refractivity contribution in [1.82, 2.24) is 0 Å². The molecule has 22 heavy (non-hydrogen) atoms. The van der Waals surface area contributed by atoms with E-state index in [1.807, 2.05) is 6.92 Å². The normalized spacial score (nSPS) is 14.9. The Bertz CT molecular complexity index is 381. The molecule has 2 unspecified atom stereocenters. The highest BCUT2D eigenvalue weighted by Crippen LogP contribution is 2.17. The van der Waals surface area contributed by atoms with E-state index in [1.165, 1.54) is 0 Å². The van der Waals surface area contributed by atoms with Crippen LogP contribution in [0.4, 0.5) is 0 Å². The largest absolute Gasteiger partial charge is 0.481 e. The molecule has 2 atom stereocenters. The Morgan fingerprint density at radius 1 is 1.09 bits per heavy atom. The van der Waals surface area contributed by atoms with Crippen LogP contribution >= 0.6 is 0 Å². The SMILES string of the molecule is CCC(O)CCCCCOC(=O)CC(O)(CC(=O)O)C(=O)O. The lowest BCUT2D eigenvalue weighted by atomic mass is 9.96. The Morgan fingerprint density at radius 2 is 1.73 bits per heavy atom. The van der Waals surface area contributed by atoms with Crippen molar-refractivity contribution in [1.29, 1.82) is 0 Å². The summed E-state index contributed by atoms with van der Waals surface area (Å²) >= 11 is 0. The zero-order valence-corrected chi connectivity index (χ0v) is 12.7. The molecule has 0 radical (unpaired) electrons. The summed E-state index contributed by atoms with van der Waals surface area (Å²) in [5.74, 6) is -4.26. The molecule has 0 heterocycles. The molecule has 8 nitrogen and oxygen atoms in total. The van der Waals surface area contributed by atoms with Crippen LogP contribution in [0.15, 0.2) is 0 Å². The van der Waals surface area contributed by atoms with Crippen LogP contribution < -0.4 is 0 Å². The highest BCUT2D eigenvalue weighted by molar-refractivity contribution is 5.88. The van der Waals surface area contributed by atoms with Gasteiger partial charge < -0.3 is 25.2 Å². The van der Waals surface area contributed by atoms with Crippen molar-refractivity contribution in [2.24, 2.45) is 0 Å². The quantitative estimate of drug-likeness (QED) is 0.301. The Hall–Kier alpha value is -1.67. The monoisotopic (exact) mass is 320 g/mol. The highest BCUT2D eigenvalue weighted by atomic mass is 16.5. The lowest BCUT2D eigenvalue weighted by Crippen LogP contribution is -2.43. The van der Waals surface area contributed by atoms with Crippen LogP contribution in [0.5, 0.6) is 0 Å². The zero-order valence-electron chi connectivity index (χ0n) is 12.7. The van der Waals surface area contributed by atoms with E-state index in [0.717, 1.165) is 12.8 Å². The van der Waals surface area contributed by atoms with E-state index in [9.17, 15) is 24.6 Å². The number of hydrogen-bond acceptors (Lipinski definition) is 6.